The quantitative estimate of drug-likeness (QED) is 0.721. The van der Waals surface area contributed by atoms with E-state index in [0.717, 1.165) is 16.7 Å². The van der Waals surface area contributed by atoms with Crippen LogP contribution in [0, 0.1) is 13.8 Å². The summed E-state index contributed by atoms with van der Waals surface area (Å²) >= 11 is 0. The average Bonchev–Trinajstić information content (AvgIpc) is 2.68. The number of para-hydroxylation sites is 1. The summed E-state index contributed by atoms with van der Waals surface area (Å²) < 4.78 is 5.76. The number of amides is 2. The molecule has 1 N–H and O–H groups in total. The summed E-state index contributed by atoms with van der Waals surface area (Å²) in [7, 11) is 0. The van der Waals surface area contributed by atoms with Crippen LogP contribution in [0.15, 0.2) is 48.5 Å². The van der Waals surface area contributed by atoms with Gasteiger partial charge in [0.05, 0.1) is 0 Å². The van der Waals surface area contributed by atoms with Gasteiger partial charge in [0, 0.05) is 13.1 Å². The van der Waals surface area contributed by atoms with Crippen molar-refractivity contribution in [1.82, 2.24) is 10.2 Å². The Morgan fingerprint density at radius 1 is 1.00 bits per heavy atom. The molecule has 28 heavy (non-hydrogen) atoms. The fraction of sp³-hybridized carbons (Fsp3) is 0.391. The van der Waals surface area contributed by atoms with Crippen LogP contribution in [-0.4, -0.2) is 35.9 Å². The number of hydrogen-bond donors (Lipinski definition) is 1. The summed E-state index contributed by atoms with van der Waals surface area (Å²) in [5.74, 6) is 0.338. The van der Waals surface area contributed by atoms with Gasteiger partial charge in [0.1, 0.15) is 11.8 Å². The molecule has 0 spiro atoms. The lowest BCUT2D eigenvalue weighted by atomic mass is 10.1. The SMILES string of the molecule is CCNC(=O)[C@H](CC)N(Cc1ccccc1C)C(=O)COc1ccccc1C. The number of nitrogens with one attached hydrogen (secondary N) is 1. The number of likely N-dealkylation sites (N-methyl/N-ethyl adjacent to an activating group) is 1. The molecule has 2 aromatic carbocycles. The molecular weight excluding hydrogens is 352 g/mol. The Morgan fingerprint density at radius 2 is 1.64 bits per heavy atom. The summed E-state index contributed by atoms with van der Waals surface area (Å²) in [4.78, 5) is 27.3. The van der Waals surface area contributed by atoms with E-state index in [4.69, 9.17) is 4.74 Å². The zero-order valence-corrected chi connectivity index (χ0v) is 17.2. The maximum absolute atomic E-state index is 13.1. The first kappa shape index (κ1) is 21.5. The van der Waals surface area contributed by atoms with Crippen LogP contribution in [-0.2, 0) is 16.1 Å². The lowest BCUT2D eigenvalue weighted by Crippen LogP contribution is -2.50. The van der Waals surface area contributed by atoms with E-state index >= 15 is 0 Å². The fourth-order valence-electron chi connectivity index (χ4n) is 3.12. The first-order valence-corrected chi connectivity index (χ1v) is 9.78. The largest absolute Gasteiger partial charge is 0.484 e. The third-order valence-corrected chi connectivity index (χ3v) is 4.78. The zero-order valence-electron chi connectivity index (χ0n) is 17.2. The molecule has 0 heterocycles. The molecule has 0 unspecified atom stereocenters. The van der Waals surface area contributed by atoms with Crippen molar-refractivity contribution in [3.8, 4) is 5.75 Å². The molecule has 0 saturated carbocycles. The predicted molar refractivity (Wildman–Crippen MR) is 111 cm³/mol. The molecule has 0 aliphatic heterocycles. The van der Waals surface area contributed by atoms with Gasteiger partial charge in [-0.3, -0.25) is 9.59 Å². The van der Waals surface area contributed by atoms with E-state index in [1.807, 2.05) is 76.2 Å². The third-order valence-electron chi connectivity index (χ3n) is 4.78. The maximum Gasteiger partial charge on any atom is 0.261 e. The van der Waals surface area contributed by atoms with Crippen LogP contribution in [0.3, 0.4) is 0 Å². The number of ether oxygens (including phenoxy) is 1. The van der Waals surface area contributed by atoms with Gasteiger partial charge in [-0.1, -0.05) is 49.4 Å². The Bertz CT molecular complexity index is 804. The molecule has 5 nitrogen and oxygen atoms in total. The van der Waals surface area contributed by atoms with E-state index in [1.54, 1.807) is 4.90 Å². The van der Waals surface area contributed by atoms with Crippen LogP contribution >= 0.6 is 0 Å². The Kier molecular flexibility index (Phi) is 8.05. The van der Waals surface area contributed by atoms with Crippen LogP contribution in [0.5, 0.6) is 5.75 Å². The van der Waals surface area contributed by atoms with Crippen molar-refractivity contribution >= 4 is 11.8 Å². The summed E-state index contributed by atoms with van der Waals surface area (Å²) in [6, 6.07) is 15.0. The van der Waals surface area contributed by atoms with Crippen molar-refractivity contribution in [1.29, 1.82) is 0 Å². The molecule has 2 amide bonds. The van der Waals surface area contributed by atoms with Crippen molar-refractivity contribution in [2.45, 2.75) is 46.7 Å². The topological polar surface area (TPSA) is 58.6 Å². The first-order valence-electron chi connectivity index (χ1n) is 9.78. The molecule has 0 saturated heterocycles. The monoisotopic (exact) mass is 382 g/mol. The predicted octanol–water partition coefficient (Wildman–Crippen LogP) is 3.63. The molecule has 2 rings (SSSR count). The molecule has 0 aliphatic rings. The van der Waals surface area contributed by atoms with E-state index in [0.29, 0.717) is 25.3 Å². The second-order valence-corrected chi connectivity index (χ2v) is 6.82. The molecule has 0 aromatic heterocycles. The Balaban J connectivity index is 2.23. The van der Waals surface area contributed by atoms with E-state index in [2.05, 4.69) is 5.32 Å². The second-order valence-electron chi connectivity index (χ2n) is 6.82. The highest BCUT2D eigenvalue weighted by atomic mass is 16.5. The molecule has 5 heteroatoms. The van der Waals surface area contributed by atoms with E-state index in [1.165, 1.54) is 0 Å². The van der Waals surface area contributed by atoms with Crippen LogP contribution in [0.4, 0.5) is 0 Å². The number of aryl methyl sites for hydroxylation is 2. The normalized spacial score (nSPS) is 11.6. The van der Waals surface area contributed by atoms with Crippen molar-refractivity contribution in [3.63, 3.8) is 0 Å². The average molecular weight is 383 g/mol. The molecule has 2 aromatic rings. The van der Waals surface area contributed by atoms with E-state index < -0.39 is 6.04 Å². The number of hydrogen-bond acceptors (Lipinski definition) is 3. The smallest absolute Gasteiger partial charge is 0.261 e. The lowest BCUT2D eigenvalue weighted by molar-refractivity contribution is -0.142. The van der Waals surface area contributed by atoms with Crippen molar-refractivity contribution < 1.29 is 14.3 Å². The van der Waals surface area contributed by atoms with Gasteiger partial charge in [-0.25, -0.2) is 0 Å². The first-order chi connectivity index (χ1) is 13.5. The van der Waals surface area contributed by atoms with Gasteiger partial charge in [0.25, 0.3) is 5.91 Å². The Morgan fingerprint density at radius 3 is 2.25 bits per heavy atom. The minimum absolute atomic E-state index is 0.105. The Labute approximate surface area is 167 Å². The van der Waals surface area contributed by atoms with Crippen LogP contribution < -0.4 is 10.1 Å². The van der Waals surface area contributed by atoms with Crippen LogP contribution in [0.25, 0.3) is 0 Å². The highest BCUT2D eigenvalue weighted by Crippen LogP contribution is 2.18. The van der Waals surface area contributed by atoms with Crippen molar-refractivity contribution in [2.75, 3.05) is 13.2 Å². The number of carbonyl (C=O) groups excluding carboxylic acids is 2. The summed E-state index contributed by atoms with van der Waals surface area (Å²) in [5.41, 5.74) is 3.08. The van der Waals surface area contributed by atoms with Gasteiger partial charge < -0.3 is 15.0 Å². The van der Waals surface area contributed by atoms with E-state index in [9.17, 15) is 9.59 Å². The number of nitrogens with zero attached hydrogens (tertiary/aromatic N) is 1. The van der Waals surface area contributed by atoms with Crippen LogP contribution in [0.1, 0.15) is 37.0 Å². The van der Waals surface area contributed by atoms with Gasteiger partial charge in [-0.05, 0) is 49.9 Å². The zero-order chi connectivity index (χ0) is 20.5. The van der Waals surface area contributed by atoms with Gasteiger partial charge in [0.2, 0.25) is 5.91 Å². The molecule has 0 radical (unpaired) electrons. The highest BCUT2D eigenvalue weighted by Gasteiger charge is 2.29. The van der Waals surface area contributed by atoms with Gasteiger partial charge in [-0.2, -0.15) is 0 Å². The molecule has 150 valence electrons. The minimum atomic E-state index is -0.535. The van der Waals surface area contributed by atoms with Gasteiger partial charge in [0.15, 0.2) is 6.61 Å². The highest BCUT2D eigenvalue weighted by molar-refractivity contribution is 5.88. The summed E-state index contributed by atoms with van der Waals surface area (Å²) in [6.45, 7) is 8.54. The van der Waals surface area contributed by atoms with Gasteiger partial charge in [-0.15, -0.1) is 0 Å². The fourth-order valence-corrected chi connectivity index (χ4v) is 3.12. The minimum Gasteiger partial charge on any atom is -0.484 e. The van der Waals surface area contributed by atoms with Crippen molar-refractivity contribution in [3.05, 3.63) is 65.2 Å². The summed E-state index contributed by atoms with van der Waals surface area (Å²) in [5, 5.41) is 2.84. The lowest BCUT2D eigenvalue weighted by Gasteiger charge is -2.31. The molecule has 0 aliphatic carbocycles. The molecular formula is C23H30N2O3. The Hall–Kier alpha value is -2.82. The third kappa shape index (κ3) is 5.59. The van der Waals surface area contributed by atoms with E-state index in [-0.39, 0.29) is 18.4 Å². The second kappa shape index (κ2) is 10.5. The molecule has 0 fully saturated rings. The number of rotatable bonds is 9. The molecule has 0 bridgehead atoms. The van der Waals surface area contributed by atoms with Crippen LogP contribution in [0.2, 0.25) is 0 Å². The number of benzene rings is 2. The van der Waals surface area contributed by atoms with Gasteiger partial charge >= 0.3 is 0 Å². The maximum atomic E-state index is 13.1. The summed E-state index contributed by atoms with van der Waals surface area (Å²) in [6.07, 6.45) is 0.536. The van der Waals surface area contributed by atoms with Crippen molar-refractivity contribution in [2.24, 2.45) is 0 Å². The number of carbonyl (C=O) groups is 2. The molecule has 1 atom stereocenters. The standard InChI is InChI=1S/C23H30N2O3/c1-5-20(23(27)24-6-2)25(15-19-13-9-7-11-17(19)3)22(26)16-28-21-14-10-8-12-18(21)4/h7-14,20H,5-6,15-16H2,1-4H3,(H,24,27)/t20-/m0/s1.